The topological polar surface area (TPSA) is 69.2 Å². The van der Waals surface area contributed by atoms with Gasteiger partial charge in [0.1, 0.15) is 0 Å². The molecule has 1 fully saturated rings. The average Bonchev–Trinajstić information content (AvgIpc) is 2.78. The normalized spacial score (nSPS) is 17.8. The standard InChI is InChI=1S/C11H21N5O/c1-15(11-2-6-17-7-3-11)8-10-9-16(5-4-12)14-13-10/h9,11H,2-8,12H2,1H3. The summed E-state index contributed by atoms with van der Waals surface area (Å²) in [5.74, 6) is 0. The Morgan fingerprint density at radius 3 is 3.00 bits per heavy atom. The van der Waals surface area contributed by atoms with Gasteiger partial charge in [0.25, 0.3) is 0 Å². The molecule has 1 aliphatic heterocycles. The lowest BCUT2D eigenvalue weighted by Crippen LogP contribution is -2.36. The molecular formula is C11H21N5O. The Kier molecular flexibility index (Phi) is 4.47. The van der Waals surface area contributed by atoms with Gasteiger partial charge in [-0.2, -0.15) is 0 Å². The molecule has 2 heterocycles. The quantitative estimate of drug-likeness (QED) is 0.773. The molecule has 1 saturated heterocycles. The third-order valence-corrected chi connectivity index (χ3v) is 3.17. The largest absolute Gasteiger partial charge is 0.381 e. The van der Waals surface area contributed by atoms with E-state index in [2.05, 4.69) is 22.3 Å². The summed E-state index contributed by atoms with van der Waals surface area (Å²) < 4.78 is 7.16. The van der Waals surface area contributed by atoms with Crippen molar-refractivity contribution in [2.24, 2.45) is 5.73 Å². The van der Waals surface area contributed by atoms with E-state index in [9.17, 15) is 0 Å². The number of rotatable bonds is 5. The number of hydrogen-bond acceptors (Lipinski definition) is 5. The van der Waals surface area contributed by atoms with Crippen molar-refractivity contribution in [2.45, 2.75) is 32.0 Å². The molecule has 0 radical (unpaired) electrons. The Morgan fingerprint density at radius 2 is 2.29 bits per heavy atom. The van der Waals surface area contributed by atoms with Gasteiger partial charge in [-0.3, -0.25) is 9.58 Å². The minimum absolute atomic E-state index is 0.596. The lowest BCUT2D eigenvalue weighted by atomic mass is 10.1. The molecule has 0 bridgehead atoms. The maximum absolute atomic E-state index is 5.48. The Hall–Kier alpha value is -0.980. The van der Waals surface area contributed by atoms with Gasteiger partial charge in [-0.25, -0.2) is 0 Å². The van der Waals surface area contributed by atoms with Gasteiger partial charge < -0.3 is 10.5 Å². The maximum Gasteiger partial charge on any atom is 0.0967 e. The Labute approximate surface area is 102 Å². The van der Waals surface area contributed by atoms with Crippen molar-refractivity contribution in [1.82, 2.24) is 19.9 Å². The first-order chi connectivity index (χ1) is 8.29. The van der Waals surface area contributed by atoms with Crippen LogP contribution < -0.4 is 5.73 Å². The summed E-state index contributed by atoms with van der Waals surface area (Å²) in [5, 5.41) is 8.19. The third-order valence-electron chi connectivity index (χ3n) is 3.17. The van der Waals surface area contributed by atoms with Crippen LogP contribution in [0.15, 0.2) is 6.20 Å². The van der Waals surface area contributed by atoms with E-state index < -0.39 is 0 Å². The van der Waals surface area contributed by atoms with Crippen molar-refractivity contribution in [3.63, 3.8) is 0 Å². The average molecular weight is 239 g/mol. The maximum atomic E-state index is 5.48. The minimum Gasteiger partial charge on any atom is -0.381 e. The molecule has 2 N–H and O–H groups in total. The molecule has 1 aliphatic rings. The number of hydrogen-bond donors (Lipinski definition) is 1. The summed E-state index contributed by atoms with van der Waals surface area (Å²) in [7, 11) is 2.14. The van der Waals surface area contributed by atoms with Gasteiger partial charge in [0.15, 0.2) is 0 Å². The number of nitrogens with zero attached hydrogens (tertiary/aromatic N) is 4. The molecule has 17 heavy (non-hydrogen) atoms. The molecule has 0 amide bonds. The highest BCUT2D eigenvalue weighted by atomic mass is 16.5. The molecule has 0 atom stereocenters. The molecule has 0 aliphatic carbocycles. The van der Waals surface area contributed by atoms with Crippen LogP contribution in [0.2, 0.25) is 0 Å². The van der Waals surface area contributed by atoms with E-state index >= 15 is 0 Å². The fraction of sp³-hybridized carbons (Fsp3) is 0.818. The molecule has 1 aromatic heterocycles. The Morgan fingerprint density at radius 1 is 1.53 bits per heavy atom. The van der Waals surface area contributed by atoms with E-state index in [4.69, 9.17) is 10.5 Å². The molecule has 0 unspecified atom stereocenters. The predicted molar refractivity (Wildman–Crippen MR) is 64.4 cm³/mol. The van der Waals surface area contributed by atoms with Crippen LogP contribution in [0.25, 0.3) is 0 Å². The smallest absolute Gasteiger partial charge is 0.0967 e. The zero-order valence-corrected chi connectivity index (χ0v) is 10.4. The molecular weight excluding hydrogens is 218 g/mol. The van der Waals surface area contributed by atoms with Gasteiger partial charge in [-0.1, -0.05) is 5.21 Å². The third kappa shape index (κ3) is 3.49. The highest BCUT2D eigenvalue weighted by Crippen LogP contribution is 2.14. The van der Waals surface area contributed by atoms with E-state index in [1.807, 2.05) is 6.20 Å². The first-order valence-corrected chi connectivity index (χ1v) is 6.16. The molecule has 1 aromatic rings. The van der Waals surface area contributed by atoms with E-state index in [1.165, 1.54) is 0 Å². The molecule has 6 heteroatoms. The summed E-state index contributed by atoms with van der Waals surface area (Å²) >= 11 is 0. The number of nitrogens with two attached hydrogens (primary N) is 1. The second-order valence-corrected chi connectivity index (χ2v) is 4.52. The second-order valence-electron chi connectivity index (χ2n) is 4.52. The minimum atomic E-state index is 0.596. The van der Waals surface area contributed by atoms with Crippen LogP contribution in [0.4, 0.5) is 0 Å². The molecule has 0 aromatic carbocycles. The van der Waals surface area contributed by atoms with Crippen molar-refractivity contribution < 1.29 is 4.74 Å². The molecule has 0 saturated carbocycles. The van der Waals surface area contributed by atoms with Crippen LogP contribution >= 0.6 is 0 Å². The summed E-state index contributed by atoms with van der Waals surface area (Å²) in [6, 6.07) is 0.600. The summed E-state index contributed by atoms with van der Waals surface area (Å²) in [6.07, 6.45) is 4.18. The van der Waals surface area contributed by atoms with Crippen LogP contribution in [-0.2, 0) is 17.8 Å². The van der Waals surface area contributed by atoms with Crippen LogP contribution in [0.5, 0.6) is 0 Å². The van der Waals surface area contributed by atoms with Gasteiger partial charge in [0.2, 0.25) is 0 Å². The van der Waals surface area contributed by atoms with Crippen molar-refractivity contribution in [2.75, 3.05) is 26.8 Å². The van der Waals surface area contributed by atoms with Crippen LogP contribution in [0.1, 0.15) is 18.5 Å². The van der Waals surface area contributed by atoms with Crippen molar-refractivity contribution >= 4 is 0 Å². The van der Waals surface area contributed by atoms with E-state index in [0.717, 1.165) is 44.8 Å². The SMILES string of the molecule is CN(Cc1cn(CCN)nn1)C1CCOCC1. The summed E-state index contributed by atoms with van der Waals surface area (Å²) in [6.45, 7) is 3.91. The lowest BCUT2D eigenvalue weighted by Gasteiger charge is -2.30. The van der Waals surface area contributed by atoms with Gasteiger partial charge in [0, 0.05) is 38.5 Å². The molecule has 6 nitrogen and oxygen atoms in total. The van der Waals surface area contributed by atoms with Crippen LogP contribution in [-0.4, -0.2) is 52.7 Å². The molecule has 2 rings (SSSR count). The predicted octanol–water partition coefficient (Wildman–Crippen LogP) is -0.152. The van der Waals surface area contributed by atoms with Gasteiger partial charge in [0.05, 0.1) is 12.2 Å². The first kappa shape index (κ1) is 12.5. The molecule has 96 valence electrons. The zero-order valence-electron chi connectivity index (χ0n) is 10.4. The van der Waals surface area contributed by atoms with Crippen molar-refractivity contribution in [3.8, 4) is 0 Å². The zero-order chi connectivity index (χ0) is 12.1. The molecule has 0 spiro atoms. The Bertz CT molecular complexity index is 334. The van der Waals surface area contributed by atoms with Gasteiger partial charge in [-0.05, 0) is 19.9 Å². The van der Waals surface area contributed by atoms with Gasteiger partial charge in [-0.15, -0.1) is 5.10 Å². The Balaban J connectivity index is 1.85. The number of aromatic nitrogens is 3. The summed E-state index contributed by atoms with van der Waals surface area (Å²) in [4.78, 5) is 2.33. The lowest BCUT2D eigenvalue weighted by molar-refractivity contribution is 0.0403. The van der Waals surface area contributed by atoms with Crippen LogP contribution in [0.3, 0.4) is 0 Å². The van der Waals surface area contributed by atoms with E-state index in [-0.39, 0.29) is 0 Å². The van der Waals surface area contributed by atoms with E-state index in [1.54, 1.807) is 4.68 Å². The van der Waals surface area contributed by atoms with E-state index in [0.29, 0.717) is 12.6 Å². The van der Waals surface area contributed by atoms with Crippen molar-refractivity contribution in [1.29, 1.82) is 0 Å². The first-order valence-electron chi connectivity index (χ1n) is 6.16. The monoisotopic (exact) mass is 239 g/mol. The highest BCUT2D eigenvalue weighted by Gasteiger charge is 2.19. The fourth-order valence-electron chi connectivity index (χ4n) is 2.16. The fourth-order valence-corrected chi connectivity index (χ4v) is 2.16. The summed E-state index contributed by atoms with van der Waals surface area (Å²) in [5.41, 5.74) is 6.48. The highest BCUT2D eigenvalue weighted by molar-refractivity contribution is 4.93. The van der Waals surface area contributed by atoms with Crippen molar-refractivity contribution in [3.05, 3.63) is 11.9 Å². The number of ether oxygens (including phenoxy) is 1. The second kappa shape index (κ2) is 6.09. The van der Waals surface area contributed by atoms with Gasteiger partial charge >= 0.3 is 0 Å². The van der Waals surface area contributed by atoms with Crippen LogP contribution in [0, 0.1) is 0 Å².